The summed E-state index contributed by atoms with van der Waals surface area (Å²) >= 11 is 1.64. The first-order valence-electron chi connectivity index (χ1n) is 11.4. The zero-order valence-corrected chi connectivity index (χ0v) is 20.3. The molecule has 0 atom stereocenters. The normalized spacial score (nSPS) is 15.3. The molecule has 6 rings (SSSR count). The van der Waals surface area contributed by atoms with Crippen LogP contribution in [0.5, 0.6) is 0 Å². The second-order valence-electron chi connectivity index (χ2n) is 9.29. The van der Waals surface area contributed by atoms with Gasteiger partial charge in [0, 0.05) is 31.0 Å². The van der Waals surface area contributed by atoms with Crippen molar-refractivity contribution in [3.63, 3.8) is 0 Å². The van der Waals surface area contributed by atoms with E-state index in [4.69, 9.17) is 14.5 Å². The van der Waals surface area contributed by atoms with E-state index in [1.807, 2.05) is 0 Å². The molecule has 174 valence electrons. The lowest BCUT2D eigenvalue weighted by Gasteiger charge is -2.32. The number of thiophene rings is 1. The molecule has 0 fully saturated rings. The predicted molar refractivity (Wildman–Crippen MR) is 134 cm³/mol. The molecule has 0 aliphatic carbocycles. The van der Waals surface area contributed by atoms with Crippen molar-refractivity contribution < 1.29 is 9.47 Å². The van der Waals surface area contributed by atoms with Crippen molar-refractivity contribution >= 4 is 48.6 Å². The fourth-order valence-electron chi connectivity index (χ4n) is 4.69. The van der Waals surface area contributed by atoms with Gasteiger partial charge in [0.05, 0.1) is 52.1 Å². The molecule has 8 nitrogen and oxygen atoms in total. The van der Waals surface area contributed by atoms with Gasteiger partial charge in [-0.05, 0) is 43.5 Å². The van der Waals surface area contributed by atoms with E-state index in [9.17, 15) is 0 Å². The molecule has 0 amide bonds. The van der Waals surface area contributed by atoms with Crippen LogP contribution in [0.25, 0.3) is 31.5 Å². The molecule has 5 aromatic rings. The maximum atomic E-state index is 6.11. The summed E-state index contributed by atoms with van der Waals surface area (Å²) in [6.07, 6.45) is 5.00. The number of nitrogens with zero attached hydrogens (tertiary/aromatic N) is 4. The van der Waals surface area contributed by atoms with Gasteiger partial charge < -0.3 is 19.8 Å². The molecule has 4 aromatic heterocycles. The van der Waals surface area contributed by atoms with Gasteiger partial charge in [0.15, 0.2) is 0 Å². The summed E-state index contributed by atoms with van der Waals surface area (Å²) in [6, 6.07) is 6.33. The number of hydrogen-bond acceptors (Lipinski definition) is 8. The van der Waals surface area contributed by atoms with Crippen LogP contribution in [0, 0.1) is 0 Å². The van der Waals surface area contributed by atoms with E-state index in [2.05, 4.69) is 57.3 Å². The summed E-state index contributed by atoms with van der Waals surface area (Å²) in [7, 11) is 1.73. The van der Waals surface area contributed by atoms with Crippen molar-refractivity contribution in [1.82, 2.24) is 24.9 Å². The first-order valence-corrected chi connectivity index (χ1v) is 12.2. The van der Waals surface area contributed by atoms with E-state index < -0.39 is 0 Å². The minimum absolute atomic E-state index is 0.222. The average molecular weight is 475 g/mol. The summed E-state index contributed by atoms with van der Waals surface area (Å²) in [5.41, 5.74) is 7.32. The van der Waals surface area contributed by atoms with Crippen molar-refractivity contribution in [1.29, 1.82) is 0 Å². The van der Waals surface area contributed by atoms with Gasteiger partial charge in [-0.15, -0.1) is 11.3 Å². The lowest BCUT2D eigenvalue weighted by molar-refractivity contribution is -0.0419. The van der Waals surface area contributed by atoms with E-state index in [1.54, 1.807) is 31.1 Å². The van der Waals surface area contributed by atoms with Crippen molar-refractivity contribution in [2.24, 2.45) is 0 Å². The number of aromatic amines is 1. The fraction of sp³-hybridized carbons (Fsp3) is 0.360. The van der Waals surface area contributed by atoms with Gasteiger partial charge >= 0.3 is 0 Å². The van der Waals surface area contributed by atoms with Crippen molar-refractivity contribution in [3.05, 3.63) is 53.2 Å². The summed E-state index contributed by atoms with van der Waals surface area (Å²) in [5, 5.41) is 4.57. The highest BCUT2D eigenvalue weighted by atomic mass is 32.1. The monoisotopic (exact) mass is 474 g/mol. The van der Waals surface area contributed by atoms with Crippen LogP contribution >= 0.6 is 11.3 Å². The van der Waals surface area contributed by atoms with Crippen LogP contribution < -0.4 is 5.32 Å². The van der Waals surface area contributed by atoms with Crippen LogP contribution in [0.15, 0.2) is 30.9 Å². The highest BCUT2D eigenvalue weighted by Gasteiger charge is 2.31. The number of pyridine rings is 1. The molecule has 1 aromatic carbocycles. The Morgan fingerprint density at radius 2 is 2.15 bits per heavy atom. The summed E-state index contributed by atoms with van der Waals surface area (Å²) < 4.78 is 12.7. The van der Waals surface area contributed by atoms with E-state index in [1.165, 1.54) is 5.56 Å². The Labute approximate surface area is 200 Å². The lowest BCUT2D eigenvalue weighted by Crippen LogP contribution is -2.33. The number of methoxy groups -OCH3 is 1. The van der Waals surface area contributed by atoms with Gasteiger partial charge in [0.25, 0.3) is 0 Å². The first-order chi connectivity index (χ1) is 16.5. The van der Waals surface area contributed by atoms with Crippen LogP contribution in [0.1, 0.15) is 36.2 Å². The van der Waals surface area contributed by atoms with Gasteiger partial charge in [-0.2, -0.15) is 0 Å². The number of imidazole rings is 1. The lowest BCUT2D eigenvalue weighted by atomic mass is 9.92. The summed E-state index contributed by atoms with van der Waals surface area (Å²) in [4.78, 5) is 22.7. The molecule has 5 heterocycles. The fourth-order valence-corrected chi connectivity index (χ4v) is 5.83. The number of ether oxygens (including phenoxy) is 2. The molecule has 0 spiro atoms. The van der Waals surface area contributed by atoms with Crippen molar-refractivity contribution in [2.75, 3.05) is 19.0 Å². The quantitative estimate of drug-likeness (QED) is 0.366. The van der Waals surface area contributed by atoms with Gasteiger partial charge in [0.2, 0.25) is 0 Å². The molecule has 0 unspecified atom stereocenters. The third kappa shape index (κ3) is 3.70. The van der Waals surface area contributed by atoms with Crippen molar-refractivity contribution in [3.8, 4) is 0 Å². The van der Waals surface area contributed by atoms with Crippen LogP contribution in [-0.2, 0) is 35.5 Å². The molecule has 34 heavy (non-hydrogen) atoms. The third-order valence-corrected chi connectivity index (χ3v) is 7.46. The van der Waals surface area contributed by atoms with Gasteiger partial charge in [-0.1, -0.05) is 6.07 Å². The minimum Gasteiger partial charge on any atom is -0.380 e. The number of hydrogen-bond donors (Lipinski definition) is 2. The largest absolute Gasteiger partial charge is 0.380 e. The molecule has 0 bridgehead atoms. The molecule has 1 aliphatic heterocycles. The number of rotatable bonds is 6. The number of fused-ring (bicyclic) bond motifs is 5. The zero-order valence-electron chi connectivity index (χ0n) is 19.4. The Balaban J connectivity index is 1.35. The number of anilines is 1. The smallest absolute Gasteiger partial charge is 0.147 e. The molecular formula is C25H26N6O2S. The standard InChI is InChI=1S/C25H26N6O2S/c1-25(2)9-19-15(11-33-25)16(10-32-3)20-21-22(34-24(20)31-19)23(30-13-29-21)26-7-6-14-4-5-17-18(8-14)28-12-27-17/h4-5,8,12-13H,6-7,9-11H2,1-3H3,(H,27,28)(H,26,29,30). The Morgan fingerprint density at radius 1 is 1.24 bits per heavy atom. The van der Waals surface area contributed by atoms with Gasteiger partial charge in [-0.3, -0.25) is 0 Å². The van der Waals surface area contributed by atoms with E-state index >= 15 is 0 Å². The number of aromatic nitrogens is 5. The molecular weight excluding hydrogens is 448 g/mol. The van der Waals surface area contributed by atoms with Gasteiger partial charge in [-0.25, -0.2) is 19.9 Å². The van der Waals surface area contributed by atoms with Gasteiger partial charge in [0.1, 0.15) is 17.0 Å². The first kappa shape index (κ1) is 21.4. The van der Waals surface area contributed by atoms with Crippen LogP contribution in [-0.4, -0.2) is 44.2 Å². The SMILES string of the molecule is COCc1c2c(nc3sc4c(NCCc5ccc6[nH]cnc6c5)ncnc4c13)CC(C)(C)OC2. The van der Waals surface area contributed by atoms with E-state index in [0.717, 1.165) is 73.5 Å². The number of benzene rings is 1. The molecule has 9 heteroatoms. The second-order valence-corrected chi connectivity index (χ2v) is 10.3. The van der Waals surface area contributed by atoms with E-state index in [-0.39, 0.29) is 5.60 Å². The highest BCUT2D eigenvalue weighted by molar-refractivity contribution is 7.26. The maximum absolute atomic E-state index is 6.11. The maximum Gasteiger partial charge on any atom is 0.147 e. The van der Waals surface area contributed by atoms with Crippen LogP contribution in [0.3, 0.4) is 0 Å². The Morgan fingerprint density at radius 3 is 3.03 bits per heavy atom. The number of H-pyrrole nitrogens is 1. The van der Waals surface area contributed by atoms with Crippen molar-refractivity contribution in [2.45, 2.75) is 45.5 Å². The molecule has 0 saturated carbocycles. The summed E-state index contributed by atoms with van der Waals surface area (Å²) in [5.74, 6) is 0.840. The second kappa shape index (κ2) is 8.26. The Hall–Kier alpha value is -3.14. The number of nitrogens with one attached hydrogen (secondary N) is 2. The predicted octanol–water partition coefficient (Wildman–Crippen LogP) is 4.77. The third-order valence-electron chi connectivity index (χ3n) is 6.39. The molecule has 0 saturated heterocycles. The summed E-state index contributed by atoms with van der Waals surface area (Å²) in [6.45, 7) is 6.02. The minimum atomic E-state index is -0.222. The molecule has 0 radical (unpaired) electrons. The Bertz CT molecular complexity index is 1520. The average Bonchev–Trinajstić information content (AvgIpc) is 3.42. The van der Waals surface area contributed by atoms with Crippen LogP contribution in [0.2, 0.25) is 0 Å². The highest BCUT2D eigenvalue weighted by Crippen LogP contribution is 2.41. The zero-order chi connectivity index (χ0) is 23.3. The molecule has 1 aliphatic rings. The van der Waals surface area contributed by atoms with E-state index in [0.29, 0.717) is 13.2 Å². The van der Waals surface area contributed by atoms with Crippen LogP contribution in [0.4, 0.5) is 5.82 Å². The molecule has 2 N–H and O–H groups in total. The Kier molecular flexibility index (Phi) is 5.20. The topological polar surface area (TPSA) is 97.8 Å².